The fourth-order valence-corrected chi connectivity index (χ4v) is 3.14. The zero-order valence-electron chi connectivity index (χ0n) is 18.3. The van der Waals surface area contributed by atoms with Gasteiger partial charge in [0, 0.05) is 23.7 Å². The highest BCUT2D eigenvalue weighted by Crippen LogP contribution is 2.24. The van der Waals surface area contributed by atoms with Gasteiger partial charge in [-0.3, -0.25) is 4.79 Å². The van der Waals surface area contributed by atoms with E-state index in [2.05, 4.69) is 15.5 Å². The van der Waals surface area contributed by atoms with Crippen LogP contribution in [0, 0.1) is 0 Å². The Hall–Kier alpha value is -4.39. The van der Waals surface area contributed by atoms with Crippen LogP contribution in [-0.2, 0) is 6.54 Å². The Morgan fingerprint density at radius 2 is 1.45 bits per heavy atom. The van der Waals surface area contributed by atoms with Gasteiger partial charge in [0.1, 0.15) is 17.2 Å². The van der Waals surface area contributed by atoms with Gasteiger partial charge in [0.05, 0.1) is 19.9 Å². The van der Waals surface area contributed by atoms with Crippen molar-refractivity contribution in [2.45, 2.75) is 6.54 Å². The van der Waals surface area contributed by atoms with Crippen molar-refractivity contribution in [2.24, 2.45) is 0 Å². The predicted octanol–water partition coefficient (Wildman–Crippen LogP) is 4.88. The van der Waals surface area contributed by atoms with Crippen LogP contribution in [0.25, 0.3) is 11.3 Å². The number of carbonyl (C=O) groups is 1. The molecule has 0 bridgehead atoms. The van der Waals surface area contributed by atoms with Crippen LogP contribution in [0.1, 0.15) is 15.9 Å². The largest absolute Gasteiger partial charge is 0.497 e. The maximum absolute atomic E-state index is 12.6. The van der Waals surface area contributed by atoms with Gasteiger partial charge in [0.15, 0.2) is 0 Å². The third-order valence-electron chi connectivity index (χ3n) is 4.95. The summed E-state index contributed by atoms with van der Waals surface area (Å²) >= 11 is 0. The van der Waals surface area contributed by atoms with E-state index in [0.29, 0.717) is 29.4 Å². The van der Waals surface area contributed by atoms with E-state index in [-0.39, 0.29) is 5.91 Å². The normalized spacial score (nSPS) is 10.4. The first-order chi connectivity index (χ1) is 16.1. The lowest BCUT2D eigenvalue weighted by molar-refractivity contribution is 0.0951. The first-order valence-corrected chi connectivity index (χ1v) is 10.3. The molecule has 4 aromatic rings. The van der Waals surface area contributed by atoms with Crippen LogP contribution in [0.3, 0.4) is 0 Å². The molecule has 1 N–H and O–H groups in total. The molecule has 0 aliphatic carbocycles. The summed E-state index contributed by atoms with van der Waals surface area (Å²) in [6, 6.07) is 25.6. The van der Waals surface area contributed by atoms with E-state index in [1.54, 1.807) is 50.6 Å². The molecule has 3 aromatic carbocycles. The summed E-state index contributed by atoms with van der Waals surface area (Å²) in [7, 11) is 3.23. The van der Waals surface area contributed by atoms with Crippen LogP contribution in [0.15, 0.2) is 84.9 Å². The molecule has 0 spiro atoms. The highest BCUT2D eigenvalue weighted by Gasteiger charge is 2.09. The number of nitrogens with one attached hydrogen (secondary N) is 1. The lowest BCUT2D eigenvalue weighted by atomic mass is 10.1. The Kier molecular flexibility index (Phi) is 6.80. The average molecular weight is 441 g/mol. The standard InChI is InChI=1S/C26H23N3O4/c1-31-21-8-6-18(7-9-21)17-27-26(30)20-5-3-4-19(16-20)24-14-15-25(29-28-24)33-23-12-10-22(32-2)11-13-23/h3-16H,17H2,1-2H3,(H,27,30). The van der Waals surface area contributed by atoms with Crippen LogP contribution in [-0.4, -0.2) is 30.3 Å². The first-order valence-electron chi connectivity index (χ1n) is 10.3. The van der Waals surface area contributed by atoms with Crippen LogP contribution >= 0.6 is 0 Å². The van der Waals surface area contributed by atoms with Gasteiger partial charge in [0.25, 0.3) is 5.91 Å². The Balaban J connectivity index is 1.40. The topological polar surface area (TPSA) is 82.6 Å². The molecular weight excluding hydrogens is 418 g/mol. The summed E-state index contributed by atoms with van der Waals surface area (Å²) in [5, 5.41) is 11.3. The van der Waals surface area contributed by atoms with Crippen molar-refractivity contribution in [3.63, 3.8) is 0 Å². The molecule has 33 heavy (non-hydrogen) atoms. The molecule has 166 valence electrons. The Bertz CT molecular complexity index is 1210. The molecule has 0 aliphatic heterocycles. The second kappa shape index (κ2) is 10.3. The molecule has 0 aliphatic rings. The second-order valence-electron chi connectivity index (χ2n) is 7.15. The minimum atomic E-state index is -0.167. The molecule has 7 nitrogen and oxygen atoms in total. The van der Waals surface area contributed by atoms with Crippen molar-refractivity contribution in [1.29, 1.82) is 0 Å². The third kappa shape index (κ3) is 5.65. The van der Waals surface area contributed by atoms with Gasteiger partial charge in [-0.25, -0.2) is 0 Å². The monoisotopic (exact) mass is 441 g/mol. The van der Waals surface area contributed by atoms with E-state index in [0.717, 1.165) is 22.6 Å². The summed E-state index contributed by atoms with van der Waals surface area (Å²) in [5.74, 6) is 2.36. The van der Waals surface area contributed by atoms with Crippen LogP contribution in [0.2, 0.25) is 0 Å². The van der Waals surface area contributed by atoms with Crippen LogP contribution in [0.5, 0.6) is 23.1 Å². The molecular formula is C26H23N3O4. The number of hydrogen-bond donors (Lipinski definition) is 1. The van der Waals surface area contributed by atoms with Crippen molar-refractivity contribution in [1.82, 2.24) is 15.5 Å². The molecule has 0 atom stereocenters. The Morgan fingerprint density at radius 1 is 0.788 bits per heavy atom. The Labute approximate surface area is 192 Å². The highest BCUT2D eigenvalue weighted by atomic mass is 16.5. The molecule has 0 saturated carbocycles. The number of aromatic nitrogens is 2. The molecule has 0 radical (unpaired) electrons. The van der Waals surface area contributed by atoms with Gasteiger partial charge in [-0.05, 0) is 60.2 Å². The summed E-state index contributed by atoms with van der Waals surface area (Å²) < 4.78 is 16.0. The van der Waals surface area contributed by atoms with Gasteiger partial charge in [-0.1, -0.05) is 24.3 Å². The van der Waals surface area contributed by atoms with E-state index in [9.17, 15) is 4.79 Å². The SMILES string of the molecule is COc1ccc(CNC(=O)c2cccc(-c3ccc(Oc4ccc(OC)cc4)nn3)c2)cc1. The highest BCUT2D eigenvalue weighted by molar-refractivity contribution is 5.95. The molecule has 1 amide bonds. The number of carbonyl (C=O) groups excluding carboxylic acids is 1. The second-order valence-corrected chi connectivity index (χ2v) is 7.15. The summed E-state index contributed by atoms with van der Waals surface area (Å²) in [6.45, 7) is 0.421. The summed E-state index contributed by atoms with van der Waals surface area (Å²) in [6.07, 6.45) is 0. The number of methoxy groups -OCH3 is 2. The van der Waals surface area contributed by atoms with Crippen molar-refractivity contribution < 1.29 is 19.0 Å². The Morgan fingerprint density at radius 3 is 2.09 bits per heavy atom. The van der Waals surface area contributed by atoms with Crippen molar-refractivity contribution in [3.8, 4) is 34.4 Å². The lowest BCUT2D eigenvalue weighted by Crippen LogP contribution is -2.22. The van der Waals surface area contributed by atoms with Crippen molar-refractivity contribution in [2.75, 3.05) is 14.2 Å². The predicted molar refractivity (Wildman–Crippen MR) is 125 cm³/mol. The lowest BCUT2D eigenvalue weighted by Gasteiger charge is -2.08. The van der Waals surface area contributed by atoms with Gasteiger partial charge >= 0.3 is 0 Å². The zero-order chi connectivity index (χ0) is 23.0. The molecule has 1 heterocycles. The van der Waals surface area contributed by atoms with Gasteiger partial charge in [-0.2, -0.15) is 0 Å². The van der Waals surface area contributed by atoms with Gasteiger partial charge < -0.3 is 19.5 Å². The number of amides is 1. The quantitative estimate of drug-likeness (QED) is 0.420. The van der Waals surface area contributed by atoms with E-state index in [1.807, 2.05) is 48.5 Å². The first kappa shape index (κ1) is 21.8. The molecule has 4 rings (SSSR count). The molecule has 1 aromatic heterocycles. The van der Waals surface area contributed by atoms with E-state index >= 15 is 0 Å². The van der Waals surface area contributed by atoms with Gasteiger partial charge in [0.2, 0.25) is 5.88 Å². The molecule has 7 heteroatoms. The number of benzene rings is 3. The van der Waals surface area contributed by atoms with E-state index < -0.39 is 0 Å². The third-order valence-corrected chi connectivity index (χ3v) is 4.95. The van der Waals surface area contributed by atoms with Crippen molar-refractivity contribution in [3.05, 3.63) is 96.1 Å². The van der Waals surface area contributed by atoms with Crippen LogP contribution in [0.4, 0.5) is 0 Å². The molecule has 0 saturated heterocycles. The molecule has 0 fully saturated rings. The number of nitrogens with zero attached hydrogens (tertiary/aromatic N) is 2. The average Bonchev–Trinajstić information content (AvgIpc) is 2.88. The fraction of sp³-hybridized carbons (Fsp3) is 0.115. The van der Waals surface area contributed by atoms with E-state index in [4.69, 9.17) is 14.2 Å². The minimum absolute atomic E-state index is 0.167. The number of ether oxygens (including phenoxy) is 3. The number of hydrogen-bond acceptors (Lipinski definition) is 6. The maximum Gasteiger partial charge on any atom is 0.251 e. The smallest absolute Gasteiger partial charge is 0.251 e. The minimum Gasteiger partial charge on any atom is -0.497 e. The number of rotatable bonds is 8. The van der Waals surface area contributed by atoms with Gasteiger partial charge in [-0.15, -0.1) is 10.2 Å². The summed E-state index contributed by atoms with van der Waals surface area (Å²) in [4.78, 5) is 12.6. The van der Waals surface area contributed by atoms with Crippen molar-refractivity contribution >= 4 is 5.91 Å². The van der Waals surface area contributed by atoms with Crippen LogP contribution < -0.4 is 19.5 Å². The molecule has 0 unspecified atom stereocenters. The van der Waals surface area contributed by atoms with E-state index in [1.165, 1.54) is 0 Å². The summed E-state index contributed by atoms with van der Waals surface area (Å²) in [5.41, 5.74) is 2.96. The maximum atomic E-state index is 12.6. The zero-order valence-corrected chi connectivity index (χ0v) is 18.3. The fourth-order valence-electron chi connectivity index (χ4n) is 3.14.